The van der Waals surface area contributed by atoms with Crippen molar-refractivity contribution in [2.75, 3.05) is 13.2 Å². The number of nitrogens with one attached hydrogen (secondary N) is 1. The number of amides is 1. The van der Waals surface area contributed by atoms with Crippen LogP contribution in [0.1, 0.15) is 51.9 Å². The molecule has 2 fully saturated rings. The third-order valence-electron chi connectivity index (χ3n) is 4.63. The highest BCUT2D eigenvalue weighted by Crippen LogP contribution is 2.34. The zero-order chi connectivity index (χ0) is 13.0. The molecule has 0 aromatic rings. The third kappa shape index (κ3) is 2.86. The van der Waals surface area contributed by atoms with Crippen molar-refractivity contribution in [3.8, 4) is 0 Å². The van der Waals surface area contributed by atoms with Crippen LogP contribution in [0.4, 0.5) is 0 Å². The molecule has 1 saturated heterocycles. The van der Waals surface area contributed by atoms with Gasteiger partial charge >= 0.3 is 0 Å². The van der Waals surface area contributed by atoms with Gasteiger partial charge in [0.2, 0.25) is 5.91 Å². The lowest BCUT2D eigenvalue weighted by atomic mass is 9.79. The predicted molar refractivity (Wildman–Crippen MR) is 71.2 cm³/mol. The van der Waals surface area contributed by atoms with Crippen molar-refractivity contribution >= 4 is 5.91 Å². The van der Waals surface area contributed by atoms with Crippen LogP contribution in [0.25, 0.3) is 0 Å². The van der Waals surface area contributed by atoms with Gasteiger partial charge in [0.1, 0.15) is 0 Å². The number of hydrogen-bond acceptors (Lipinski definition) is 3. The molecule has 4 heteroatoms. The zero-order valence-electron chi connectivity index (χ0n) is 11.4. The Kier molecular flexibility index (Phi) is 4.62. The summed E-state index contributed by atoms with van der Waals surface area (Å²) in [6, 6.07) is 0.171. The fourth-order valence-corrected chi connectivity index (χ4v) is 3.17. The van der Waals surface area contributed by atoms with Gasteiger partial charge in [0.25, 0.3) is 0 Å². The lowest BCUT2D eigenvalue weighted by Gasteiger charge is -2.31. The van der Waals surface area contributed by atoms with Crippen molar-refractivity contribution in [2.45, 2.75) is 64.0 Å². The summed E-state index contributed by atoms with van der Waals surface area (Å²) in [6.45, 7) is 3.25. The van der Waals surface area contributed by atoms with Crippen LogP contribution in [0, 0.1) is 5.41 Å². The van der Waals surface area contributed by atoms with Crippen molar-refractivity contribution in [1.82, 2.24) is 5.32 Å². The first-order valence-corrected chi connectivity index (χ1v) is 7.31. The van der Waals surface area contributed by atoms with Crippen molar-refractivity contribution in [3.63, 3.8) is 0 Å². The molecule has 1 saturated carbocycles. The highest BCUT2D eigenvalue weighted by atomic mass is 16.5. The first-order chi connectivity index (χ1) is 8.68. The Morgan fingerprint density at radius 3 is 2.50 bits per heavy atom. The summed E-state index contributed by atoms with van der Waals surface area (Å²) in [5.74, 6) is 0.161. The average molecular weight is 254 g/mol. The van der Waals surface area contributed by atoms with Gasteiger partial charge in [-0.3, -0.25) is 4.79 Å². The van der Waals surface area contributed by atoms with Crippen LogP contribution in [0.2, 0.25) is 0 Å². The molecule has 1 amide bonds. The Morgan fingerprint density at radius 1 is 1.33 bits per heavy atom. The fourth-order valence-electron chi connectivity index (χ4n) is 3.17. The standard InChI is InChI=1S/C14H26N2O2/c1-11-12(6-9-18-11)16-13(17)14(10-15)7-4-2-3-5-8-14/h11-12H,2-10,15H2,1H3,(H,16,17). The Morgan fingerprint density at radius 2 is 2.00 bits per heavy atom. The third-order valence-corrected chi connectivity index (χ3v) is 4.63. The topological polar surface area (TPSA) is 64.3 Å². The summed E-state index contributed by atoms with van der Waals surface area (Å²) >= 11 is 0. The number of rotatable bonds is 3. The molecule has 0 radical (unpaired) electrons. The Balaban J connectivity index is 1.99. The fraction of sp³-hybridized carbons (Fsp3) is 0.929. The van der Waals surface area contributed by atoms with E-state index < -0.39 is 0 Å². The average Bonchev–Trinajstić information content (AvgIpc) is 2.66. The number of hydrogen-bond donors (Lipinski definition) is 2. The molecular weight excluding hydrogens is 228 g/mol. The molecule has 1 heterocycles. The first-order valence-electron chi connectivity index (χ1n) is 7.31. The summed E-state index contributed by atoms with van der Waals surface area (Å²) < 4.78 is 5.50. The summed E-state index contributed by atoms with van der Waals surface area (Å²) in [6.07, 6.45) is 7.66. The molecule has 18 heavy (non-hydrogen) atoms. The second-order valence-electron chi connectivity index (χ2n) is 5.84. The maximum Gasteiger partial charge on any atom is 0.227 e. The van der Waals surface area contributed by atoms with E-state index in [0.29, 0.717) is 6.54 Å². The van der Waals surface area contributed by atoms with Gasteiger partial charge in [-0.1, -0.05) is 25.7 Å². The maximum atomic E-state index is 12.6. The minimum absolute atomic E-state index is 0.134. The zero-order valence-corrected chi connectivity index (χ0v) is 11.4. The molecule has 2 atom stereocenters. The van der Waals surface area contributed by atoms with Crippen LogP contribution < -0.4 is 11.1 Å². The van der Waals surface area contributed by atoms with E-state index in [1.165, 1.54) is 12.8 Å². The van der Waals surface area contributed by atoms with Crippen LogP contribution in [0.15, 0.2) is 0 Å². The van der Waals surface area contributed by atoms with Crippen LogP contribution in [-0.2, 0) is 9.53 Å². The molecule has 0 bridgehead atoms. The number of carbonyl (C=O) groups excluding carboxylic acids is 1. The van der Waals surface area contributed by atoms with Gasteiger partial charge in [-0.15, -0.1) is 0 Å². The van der Waals surface area contributed by atoms with E-state index in [4.69, 9.17) is 10.5 Å². The normalized spacial score (nSPS) is 31.9. The van der Waals surface area contributed by atoms with Crippen LogP contribution >= 0.6 is 0 Å². The van der Waals surface area contributed by atoms with E-state index in [0.717, 1.165) is 38.7 Å². The SMILES string of the molecule is CC1OCCC1NC(=O)C1(CN)CCCCCC1. The maximum absolute atomic E-state index is 12.6. The van der Waals surface area contributed by atoms with E-state index in [1.807, 2.05) is 6.92 Å². The number of ether oxygens (including phenoxy) is 1. The van der Waals surface area contributed by atoms with Crippen molar-refractivity contribution in [2.24, 2.45) is 11.1 Å². The van der Waals surface area contributed by atoms with E-state index in [9.17, 15) is 4.79 Å². The second-order valence-corrected chi connectivity index (χ2v) is 5.84. The Labute approximate surface area is 110 Å². The van der Waals surface area contributed by atoms with Crippen LogP contribution in [0.3, 0.4) is 0 Å². The highest BCUT2D eigenvalue weighted by molar-refractivity contribution is 5.83. The minimum Gasteiger partial charge on any atom is -0.376 e. The summed E-state index contributed by atoms with van der Waals surface area (Å²) in [5.41, 5.74) is 5.60. The monoisotopic (exact) mass is 254 g/mol. The second kappa shape index (κ2) is 6.02. The lowest BCUT2D eigenvalue weighted by molar-refractivity contribution is -0.132. The molecule has 0 aromatic carbocycles. The minimum atomic E-state index is -0.321. The van der Waals surface area contributed by atoms with Gasteiger partial charge in [-0.25, -0.2) is 0 Å². The van der Waals surface area contributed by atoms with Gasteiger partial charge in [-0.05, 0) is 26.2 Å². The number of carbonyl (C=O) groups is 1. The summed E-state index contributed by atoms with van der Waals surface area (Å²) in [7, 11) is 0. The molecule has 4 nitrogen and oxygen atoms in total. The van der Waals surface area contributed by atoms with Gasteiger partial charge in [-0.2, -0.15) is 0 Å². The number of nitrogens with two attached hydrogens (primary N) is 1. The van der Waals surface area contributed by atoms with E-state index in [2.05, 4.69) is 5.32 Å². The summed E-state index contributed by atoms with van der Waals surface area (Å²) in [5, 5.41) is 3.17. The smallest absolute Gasteiger partial charge is 0.227 e. The Hall–Kier alpha value is -0.610. The molecule has 1 aliphatic heterocycles. The van der Waals surface area contributed by atoms with Crippen molar-refractivity contribution in [3.05, 3.63) is 0 Å². The first kappa shape index (κ1) is 13.8. The summed E-state index contributed by atoms with van der Waals surface area (Å²) in [4.78, 5) is 12.6. The molecule has 0 aromatic heterocycles. The predicted octanol–water partition coefficient (Wildman–Crippen LogP) is 1.58. The molecule has 2 aliphatic rings. The van der Waals surface area contributed by atoms with E-state index >= 15 is 0 Å². The largest absolute Gasteiger partial charge is 0.376 e. The Bertz CT molecular complexity index is 286. The molecule has 104 valence electrons. The van der Waals surface area contributed by atoms with Crippen LogP contribution in [0.5, 0.6) is 0 Å². The molecule has 0 spiro atoms. The van der Waals surface area contributed by atoms with E-state index in [1.54, 1.807) is 0 Å². The molecule has 2 rings (SSSR count). The lowest BCUT2D eigenvalue weighted by Crippen LogP contribution is -2.50. The van der Waals surface area contributed by atoms with Crippen LogP contribution in [-0.4, -0.2) is 31.2 Å². The van der Waals surface area contributed by atoms with Gasteiger partial charge < -0.3 is 15.8 Å². The van der Waals surface area contributed by atoms with Gasteiger partial charge in [0.05, 0.1) is 17.6 Å². The highest BCUT2D eigenvalue weighted by Gasteiger charge is 2.39. The molecular formula is C14H26N2O2. The molecule has 3 N–H and O–H groups in total. The van der Waals surface area contributed by atoms with Gasteiger partial charge in [0, 0.05) is 13.2 Å². The van der Waals surface area contributed by atoms with Gasteiger partial charge in [0.15, 0.2) is 0 Å². The molecule has 1 aliphatic carbocycles. The van der Waals surface area contributed by atoms with Crippen molar-refractivity contribution in [1.29, 1.82) is 0 Å². The van der Waals surface area contributed by atoms with E-state index in [-0.39, 0.29) is 23.5 Å². The molecule has 2 unspecified atom stereocenters. The van der Waals surface area contributed by atoms with Crippen molar-refractivity contribution < 1.29 is 9.53 Å². The quantitative estimate of drug-likeness (QED) is 0.752.